The quantitative estimate of drug-likeness (QED) is 0.202. The number of carboxylic acid groups (broad SMARTS) is 1. The van der Waals surface area contributed by atoms with Crippen LogP contribution in [0.15, 0.2) is 48.5 Å². The minimum atomic E-state index is -4.56. The number of benzene rings is 2. The molecule has 0 aromatic heterocycles. The molecule has 10 heteroatoms. The van der Waals surface area contributed by atoms with Gasteiger partial charge < -0.3 is 14.9 Å². The molecule has 3 rings (SSSR count). The largest absolute Gasteiger partial charge is 0.481 e. The minimum Gasteiger partial charge on any atom is -0.481 e. The maximum Gasteiger partial charge on any atom is 0.416 e. The third-order valence-electron chi connectivity index (χ3n) is 6.17. The highest BCUT2D eigenvalue weighted by Crippen LogP contribution is 2.34. The lowest BCUT2D eigenvalue weighted by atomic mass is 10.00. The van der Waals surface area contributed by atoms with Gasteiger partial charge in [-0.05, 0) is 59.5 Å². The Morgan fingerprint density at radius 1 is 1.06 bits per heavy atom. The molecule has 1 fully saturated rings. The van der Waals surface area contributed by atoms with Gasteiger partial charge in [0, 0.05) is 26.1 Å². The fourth-order valence-corrected chi connectivity index (χ4v) is 4.62. The van der Waals surface area contributed by atoms with Gasteiger partial charge in [0.05, 0.1) is 18.0 Å². The first-order chi connectivity index (χ1) is 17.0. The fourth-order valence-electron chi connectivity index (χ4n) is 4.31. The maximum absolute atomic E-state index is 13.2. The van der Waals surface area contributed by atoms with E-state index < -0.39 is 30.2 Å². The van der Waals surface area contributed by atoms with Crippen molar-refractivity contribution in [2.75, 3.05) is 19.6 Å². The Morgan fingerprint density at radius 3 is 2.44 bits per heavy atom. The van der Waals surface area contributed by atoms with E-state index in [1.807, 2.05) is 0 Å². The zero-order valence-electron chi connectivity index (χ0n) is 19.6. The molecule has 1 atom stereocenters. The van der Waals surface area contributed by atoms with Crippen LogP contribution in [0.25, 0.3) is 0 Å². The van der Waals surface area contributed by atoms with E-state index in [-0.39, 0.29) is 24.0 Å². The first-order valence-corrected chi connectivity index (χ1v) is 12.2. The molecule has 1 heterocycles. The highest BCUT2D eigenvalue weighted by atomic mass is 32.1. The van der Waals surface area contributed by atoms with Gasteiger partial charge in [0.2, 0.25) is 0 Å². The van der Waals surface area contributed by atoms with Crippen LogP contribution in [0.4, 0.5) is 22.4 Å². The average molecular weight is 525 g/mol. The molecule has 1 saturated heterocycles. The molecule has 0 radical (unpaired) electrons. The van der Waals surface area contributed by atoms with Crippen LogP contribution in [0.1, 0.15) is 54.8 Å². The first-order valence-electron chi connectivity index (χ1n) is 11.7. The van der Waals surface area contributed by atoms with Crippen molar-refractivity contribution in [3.8, 4) is 0 Å². The SMILES string of the molecule is O=C(O)C[C@@H](c1cccc(C(F)(F)F)c1)N1CCN(CCCCCC(=S)Cc2ccc(F)cc2)C1=O. The van der Waals surface area contributed by atoms with Crippen LogP contribution >= 0.6 is 12.2 Å². The number of urea groups is 1. The summed E-state index contributed by atoms with van der Waals surface area (Å²) in [6.07, 6.45) is -1.29. The number of carbonyl (C=O) groups is 2. The van der Waals surface area contributed by atoms with E-state index in [1.165, 1.54) is 29.2 Å². The van der Waals surface area contributed by atoms with Gasteiger partial charge in [-0.25, -0.2) is 9.18 Å². The number of nitrogens with zero attached hydrogens (tertiary/aromatic N) is 2. The molecule has 194 valence electrons. The molecule has 36 heavy (non-hydrogen) atoms. The smallest absolute Gasteiger partial charge is 0.416 e. The summed E-state index contributed by atoms with van der Waals surface area (Å²) in [5.74, 6) is -1.48. The predicted molar refractivity (Wildman–Crippen MR) is 131 cm³/mol. The van der Waals surface area contributed by atoms with Crippen molar-refractivity contribution in [3.05, 3.63) is 71.0 Å². The van der Waals surface area contributed by atoms with Gasteiger partial charge in [-0.3, -0.25) is 4.79 Å². The van der Waals surface area contributed by atoms with Crippen LogP contribution in [0.5, 0.6) is 0 Å². The standard InChI is InChI=1S/C26H28F4N2O3S/c27-21-10-8-18(9-11-21)15-22(36)7-2-1-3-12-31-13-14-32(25(31)35)23(17-24(33)34)19-5-4-6-20(16-19)26(28,29)30/h4-6,8-11,16,23H,1-3,7,12-15,17H2,(H,33,34)/t23-/m0/s1. The second-order valence-corrected chi connectivity index (χ2v) is 9.43. The lowest BCUT2D eigenvalue weighted by molar-refractivity contribution is -0.138. The van der Waals surface area contributed by atoms with E-state index in [4.69, 9.17) is 12.2 Å². The maximum atomic E-state index is 13.2. The molecule has 2 aromatic carbocycles. The summed E-state index contributed by atoms with van der Waals surface area (Å²) in [6.45, 7) is 1.11. The highest BCUT2D eigenvalue weighted by Gasteiger charge is 2.37. The molecule has 0 spiro atoms. The molecule has 0 aliphatic carbocycles. The number of rotatable bonds is 12. The Labute approximate surface area is 212 Å². The number of halogens is 4. The summed E-state index contributed by atoms with van der Waals surface area (Å²) in [4.78, 5) is 28.2. The topological polar surface area (TPSA) is 60.9 Å². The number of carbonyl (C=O) groups excluding carboxylic acids is 1. The van der Waals surface area contributed by atoms with Crippen molar-refractivity contribution >= 4 is 29.1 Å². The summed E-state index contributed by atoms with van der Waals surface area (Å²) in [5.41, 5.74) is 0.231. The molecule has 2 aromatic rings. The van der Waals surface area contributed by atoms with E-state index >= 15 is 0 Å². The predicted octanol–water partition coefficient (Wildman–Crippen LogP) is 6.27. The minimum absolute atomic E-state index is 0.150. The lowest BCUT2D eigenvalue weighted by Gasteiger charge is -2.28. The number of thiocarbonyl (C=S) groups is 1. The summed E-state index contributed by atoms with van der Waals surface area (Å²) in [5, 5.41) is 9.34. The fraction of sp³-hybridized carbons (Fsp3) is 0.423. The summed E-state index contributed by atoms with van der Waals surface area (Å²) in [6, 6.07) is 9.37. The molecule has 2 amide bonds. The number of hydrogen-bond acceptors (Lipinski definition) is 3. The van der Waals surface area contributed by atoms with E-state index in [1.54, 1.807) is 17.0 Å². The van der Waals surface area contributed by atoms with Gasteiger partial charge in [-0.2, -0.15) is 13.2 Å². The van der Waals surface area contributed by atoms with Crippen molar-refractivity contribution < 1.29 is 32.3 Å². The number of carboxylic acids is 1. The third kappa shape index (κ3) is 7.74. The van der Waals surface area contributed by atoms with Gasteiger partial charge in [0.1, 0.15) is 5.82 Å². The van der Waals surface area contributed by atoms with Gasteiger partial charge >= 0.3 is 18.2 Å². The number of alkyl halides is 3. The van der Waals surface area contributed by atoms with E-state index in [0.29, 0.717) is 19.5 Å². The molecule has 1 aliphatic rings. The zero-order valence-corrected chi connectivity index (χ0v) is 20.5. The zero-order chi connectivity index (χ0) is 26.3. The van der Waals surface area contributed by atoms with Crippen LogP contribution < -0.4 is 0 Å². The average Bonchev–Trinajstić information content (AvgIpc) is 3.18. The molecular formula is C26H28F4N2O3S. The van der Waals surface area contributed by atoms with Crippen molar-refractivity contribution in [3.63, 3.8) is 0 Å². The van der Waals surface area contributed by atoms with Crippen LogP contribution in [-0.2, 0) is 17.4 Å². The van der Waals surface area contributed by atoms with Crippen molar-refractivity contribution in [2.45, 2.75) is 50.7 Å². The Bertz CT molecular complexity index is 1080. The Kier molecular flexibility index (Phi) is 9.42. The molecule has 1 aliphatic heterocycles. The number of amides is 2. The van der Waals surface area contributed by atoms with Crippen molar-refractivity contribution in [1.29, 1.82) is 0 Å². The first kappa shape index (κ1) is 27.6. The van der Waals surface area contributed by atoms with Crippen LogP contribution in [0.2, 0.25) is 0 Å². The summed E-state index contributed by atoms with van der Waals surface area (Å²) >= 11 is 5.42. The lowest BCUT2D eigenvalue weighted by Crippen LogP contribution is -2.36. The number of aliphatic carboxylic acids is 1. The monoisotopic (exact) mass is 524 g/mol. The van der Waals surface area contributed by atoms with Crippen molar-refractivity contribution in [2.24, 2.45) is 0 Å². The van der Waals surface area contributed by atoms with Crippen LogP contribution in [0, 0.1) is 5.82 Å². The normalized spacial score (nSPS) is 14.8. The van der Waals surface area contributed by atoms with E-state index in [2.05, 4.69) is 0 Å². The second-order valence-electron chi connectivity index (χ2n) is 8.85. The van der Waals surface area contributed by atoms with Gasteiger partial charge in [-0.1, -0.05) is 42.9 Å². The molecule has 0 bridgehead atoms. The number of unbranched alkanes of at least 4 members (excludes halogenated alkanes) is 2. The van der Waals surface area contributed by atoms with E-state index in [9.17, 15) is 32.3 Å². The van der Waals surface area contributed by atoms with Crippen LogP contribution in [-0.4, -0.2) is 51.4 Å². The third-order valence-corrected chi connectivity index (χ3v) is 6.52. The Hall–Kier alpha value is -3.01. The molecule has 1 N–H and O–H groups in total. The number of hydrogen-bond donors (Lipinski definition) is 1. The molecular weight excluding hydrogens is 496 g/mol. The van der Waals surface area contributed by atoms with E-state index in [0.717, 1.165) is 48.2 Å². The summed E-state index contributed by atoms with van der Waals surface area (Å²) < 4.78 is 52.5. The van der Waals surface area contributed by atoms with Crippen molar-refractivity contribution in [1.82, 2.24) is 9.80 Å². The molecule has 0 unspecified atom stereocenters. The second kappa shape index (κ2) is 12.3. The molecule has 0 saturated carbocycles. The summed E-state index contributed by atoms with van der Waals surface area (Å²) in [7, 11) is 0. The highest BCUT2D eigenvalue weighted by molar-refractivity contribution is 7.80. The molecule has 5 nitrogen and oxygen atoms in total. The van der Waals surface area contributed by atoms with Gasteiger partial charge in [-0.15, -0.1) is 0 Å². The van der Waals surface area contributed by atoms with Crippen LogP contribution in [0.3, 0.4) is 0 Å². The van der Waals surface area contributed by atoms with Gasteiger partial charge in [0.15, 0.2) is 0 Å². The van der Waals surface area contributed by atoms with Gasteiger partial charge in [0.25, 0.3) is 0 Å². The Balaban J connectivity index is 1.50. The Morgan fingerprint density at radius 2 is 1.78 bits per heavy atom.